The van der Waals surface area contributed by atoms with Gasteiger partial charge < -0.3 is 5.32 Å². The molecule has 4 aromatic rings. The van der Waals surface area contributed by atoms with Gasteiger partial charge in [-0.1, -0.05) is 49.0 Å². The summed E-state index contributed by atoms with van der Waals surface area (Å²) < 4.78 is 1.61. The van der Waals surface area contributed by atoms with Crippen LogP contribution >= 0.6 is 23.1 Å². The molecular weight excluding hydrogens is 438 g/mol. The number of nitrogens with one attached hydrogen (secondary N) is 1. The Balaban J connectivity index is 1.61. The first kappa shape index (κ1) is 22.3. The van der Waals surface area contributed by atoms with Gasteiger partial charge in [-0.3, -0.25) is 14.2 Å². The number of nitrogens with zero attached hydrogens (tertiary/aromatic N) is 2. The van der Waals surface area contributed by atoms with Crippen LogP contribution in [0.3, 0.4) is 0 Å². The first-order chi connectivity index (χ1) is 15.6. The van der Waals surface area contributed by atoms with Gasteiger partial charge >= 0.3 is 0 Å². The molecule has 1 unspecified atom stereocenters. The van der Waals surface area contributed by atoms with Crippen molar-refractivity contribution >= 4 is 39.9 Å². The van der Waals surface area contributed by atoms with E-state index >= 15 is 0 Å². The predicted octanol–water partition coefficient (Wildman–Crippen LogP) is 4.85. The van der Waals surface area contributed by atoms with E-state index in [1.54, 1.807) is 22.0 Å². The lowest BCUT2D eigenvalue weighted by Gasteiger charge is -2.16. The number of para-hydroxylation sites is 1. The van der Waals surface area contributed by atoms with Gasteiger partial charge in [-0.2, -0.15) is 0 Å². The van der Waals surface area contributed by atoms with Crippen LogP contribution in [0.1, 0.15) is 24.3 Å². The molecule has 7 heteroatoms. The average Bonchev–Trinajstić information content (AvgIpc) is 3.33. The van der Waals surface area contributed by atoms with Crippen LogP contribution in [0.4, 0.5) is 0 Å². The maximum absolute atomic E-state index is 13.4. The number of thioether (sulfide) groups is 1. The molecule has 2 heterocycles. The first-order valence-corrected chi connectivity index (χ1v) is 12.4. The topological polar surface area (TPSA) is 64.0 Å². The molecule has 0 fully saturated rings. The average molecular weight is 464 g/mol. The van der Waals surface area contributed by atoms with Gasteiger partial charge in [-0.15, -0.1) is 11.3 Å². The minimum absolute atomic E-state index is 0.0677. The number of thiophene rings is 1. The van der Waals surface area contributed by atoms with Gasteiger partial charge in [0.25, 0.3) is 5.56 Å². The summed E-state index contributed by atoms with van der Waals surface area (Å²) in [4.78, 5) is 32.1. The zero-order valence-electron chi connectivity index (χ0n) is 18.1. The normalized spacial score (nSPS) is 12.1. The van der Waals surface area contributed by atoms with Crippen molar-refractivity contribution in [2.75, 3.05) is 6.54 Å². The summed E-state index contributed by atoms with van der Waals surface area (Å²) in [6.45, 7) is 4.52. The van der Waals surface area contributed by atoms with Crippen LogP contribution in [0.25, 0.3) is 16.6 Å². The minimum Gasteiger partial charge on any atom is -0.355 e. The summed E-state index contributed by atoms with van der Waals surface area (Å²) in [5, 5.41) is 5.71. The Bertz CT molecular complexity index is 1260. The highest BCUT2D eigenvalue weighted by molar-refractivity contribution is 8.00. The highest BCUT2D eigenvalue weighted by Crippen LogP contribution is 2.25. The lowest BCUT2D eigenvalue weighted by Crippen LogP contribution is -2.33. The molecule has 5 nitrogen and oxygen atoms in total. The van der Waals surface area contributed by atoms with E-state index in [-0.39, 0.29) is 11.5 Å². The highest BCUT2D eigenvalue weighted by atomic mass is 32.2. The number of hydrogen-bond donors (Lipinski definition) is 1. The van der Waals surface area contributed by atoms with Crippen molar-refractivity contribution in [3.05, 3.63) is 86.8 Å². The van der Waals surface area contributed by atoms with Crippen molar-refractivity contribution in [3.8, 4) is 5.69 Å². The van der Waals surface area contributed by atoms with Gasteiger partial charge in [0.15, 0.2) is 5.16 Å². The molecule has 164 valence electrons. The smallest absolute Gasteiger partial charge is 0.266 e. The van der Waals surface area contributed by atoms with E-state index in [0.717, 1.165) is 18.5 Å². The Labute approximate surface area is 195 Å². The Morgan fingerprint density at radius 2 is 1.91 bits per heavy atom. The molecule has 1 atom stereocenters. The third-order valence-electron chi connectivity index (χ3n) is 5.25. The number of fused-ring (bicyclic) bond motifs is 1. The van der Waals surface area contributed by atoms with Crippen LogP contribution in [0.2, 0.25) is 0 Å². The van der Waals surface area contributed by atoms with Crippen LogP contribution < -0.4 is 10.9 Å². The summed E-state index contributed by atoms with van der Waals surface area (Å²) >= 11 is 2.99. The van der Waals surface area contributed by atoms with E-state index in [4.69, 9.17) is 4.98 Å². The third kappa shape index (κ3) is 4.95. The van der Waals surface area contributed by atoms with Crippen molar-refractivity contribution in [2.24, 2.45) is 0 Å². The van der Waals surface area contributed by atoms with Crippen LogP contribution in [-0.4, -0.2) is 27.3 Å². The molecule has 2 aromatic heterocycles. The number of carbonyl (C=O) groups excluding carboxylic acids is 1. The van der Waals surface area contributed by atoms with Crippen molar-refractivity contribution in [1.29, 1.82) is 0 Å². The van der Waals surface area contributed by atoms with E-state index < -0.39 is 5.25 Å². The number of aromatic nitrogens is 2. The number of benzene rings is 2. The molecule has 2 aromatic carbocycles. The fraction of sp³-hybridized carbons (Fsp3) is 0.240. The minimum atomic E-state index is -0.396. The SMILES string of the molecule is CCc1ccc(-n2c(SC(C)C(=O)NCCc3cccs3)nc3ccccc3c2=O)cc1. The summed E-state index contributed by atoms with van der Waals surface area (Å²) in [6, 6.07) is 19.3. The summed E-state index contributed by atoms with van der Waals surface area (Å²) in [6.07, 6.45) is 1.74. The second kappa shape index (κ2) is 10.1. The number of aryl methyl sites for hydroxylation is 1. The van der Waals surface area contributed by atoms with Crippen molar-refractivity contribution in [3.63, 3.8) is 0 Å². The number of rotatable bonds is 8. The molecule has 0 bridgehead atoms. The summed E-state index contributed by atoms with van der Waals surface area (Å²) in [7, 11) is 0. The van der Waals surface area contributed by atoms with Gasteiger partial charge in [-0.05, 0) is 61.0 Å². The fourth-order valence-corrected chi connectivity index (χ4v) is 5.08. The molecule has 0 saturated carbocycles. The molecule has 0 aliphatic heterocycles. The van der Waals surface area contributed by atoms with E-state index in [2.05, 4.69) is 18.3 Å². The van der Waals surface area contributed by atoms with Crippen molar-refractivity contribution in [2.45, 2.75) is 37.1 Å². The van der Waals surface area contributed by atoms with E-state index in [0.29, 0.717) is 22.6 Å². The second-order valence-electron chi connectivity index (χ2n) is 7.45. The van der Waals surface area contributed by atoms with Gasteiger partial charge in [0.1, 0.15) is 0 Å². The quantitative estimate of drug-likeness (QED) is 0.300. The van der Waals surface area contributed by atoms with E-state index in [1.807, 2.05) is 60.8 Å². The van der Waals surface area contributed by atoms with Crippen LogP contribution in [0, 0.1) is 0 Å². The lowest BCUT2D eigenvalue weighted by molar-refractivity contribution is -0.120. The Morgan fingerprint density at radius 1 is 1.12 bits per heavy atom. The molecule has 1 amide bonds. The molecule has 0 aliphatic carbocycles. The highest BCUT2D eigenvalue weighted by Gasteiger charge is 2.20. The van der Waals surface area contributed by atoms with Crippen molar-refractivity contribution < 1.29 is 4.79 Å². The van der Waals surface area contributed by atoms with Crippen molar-refractivity contribution in [1.82, 2.24) is 14.9 Å². The Hall–Kier alpha value is -2.90. The van der Waals surface area contributed by atoms with Gasteiger partial charge in [-0.25, -0.2) is 4.98 Å². The molecule has 32 heavy (non-hydrogen) atoms. The first-order valence-electron chi connectivity index (χ1n) is 10.6. The molecule has 0 radical (unpaired) electrons. The van der Waals surface area contributed by atoms with Gasteiger partial charge in [0.2, 0.25) is 5.91 Å². The summed E-state index contributed by atoms with van der Waals surface area (Å²) in [5.41, 5.74) is 2.45. The Morgan fingerprint density at radius 3 is 2.62 bits per heavy atom. The Kier molecular flexibility index (Phi) is 7.07. The largest absolute Gasteiger partial charge is 0.355 e. The molecule has 0 aliphatic rings. The maximum Gasteiger partial charge on any atom is 0.266 e. The van der Waals surface area contributed by atoms with Crippen LogP contribution in [0.5, 0.6) is 0 Å². The molecule has 0 saturated heterocycles. The van der Waals surface area contributed by atoms with Gasteiger partial charge in [0, 0.05) is 11.4 Å². The molecule has 1 N–H and O–H groups in total. The predicted molar refractivity (Wildman–Crippen MR) is 133 cm³/mol. The maximum atomic E-state index is 13.4. The van der Waals surface area contributed by atoms with E-state index in [9.17, 15) is 9.59 Å². The zero-order chi connectivity index (χ0) is 22.5. The van der Waals surface area contributed by atoms with Crippen LogP contribution in [0.15, 0.2) is 76.0 Å². The second-order valence-corrected chi connectivity index (χ2v) is 9.79. The molecule has 4 rings (SSSR count). The number of hydrogen-bond acceptors (Lipinski definition) is 5. The number of amides is 1. The lowest BCUT2D eigenvalue weighted by atomic mass is 10.1. The molecule has 0 spiro atoms. The van der Waals surface area contributed by atoms with E-state index in [1.165, 1.54) is 22.2 Å². The fourth-order valence-electron chi connectivity index (χ4n) is 3.42. The van der Waals surface area contributed by atoms with Crippen LogP contribution in [-0.2, 0) is 17.6 Å². The summed E-state index contributed by atoms with van der Waals surface area (Å²) in [5.74, 6) is -0.0677. The monoisotopic (exact) mass is 463 g/mol. The number of carbonyl (C=O) groups is 1. The third-order valence-corrected chi connectivity index (χ3v) is 7.24. The van der Waals surface area contributed by atoms with Gasteiger partial charge in [0.05, 0.1) is 21.8 Å². The zero-order valence-corrected chi connectivity index (χ0v) is 19.7. The molecular formula is C25H25N3O2S2. The standard InChI is InChI=1S/C25H25N3O2S2/c1-3-18-10-12-19(13-11-18)28-24(30)21-8-4-5-9-22(21)27-25(28)32-17(2)23(29)26-15-14-20-7-6-16-31-20/h4-13,16-17H,3,14-15H2,1-2H3,(H,26,29).